The standard InChI is InChI=1S/C48H35BN2O/c1-4-13-34(14-5-1)36-23-27-39(28-24-36)50(40-29-25-37(26-30-40)35-15-6-2-7-16-35)41-31-32-43-47(33-41)52-46-22-12-21-45-48(46)49(43)42-19-10-11-20-44(42)51(45)38-17-8-3-9-18-38/h1-2,4-8,10-33H,3,9H2. The molecule has 7 aromatic rings. The molecular formula is C48H35BN2O. The summed E-state index contributed by atoms with van der Waals surface area (Å²) in [6.45, 7) is 0.0633. The van der Waals surface area contributed by atoms with Crippen molar-refractivity contribution in [3.8, 4) is 33.8 Å². The Hall–Kier alpha value is -6.52. The van der Waals surface area contributed by atoms with E-state index in [2.05, 4.69) is 198 Å². The predicted molar refractivity (Wildman–Crippen MR) is 218 cm³/mol. The average molecular weight is 667 g/mol. The monoisotopic (exact) mass is 666 g/mol. The molecule has 0 bridgehead atoms. The average Bonchev–Trinajstić information content (AvgIpc) is 3.22. The van der Waals surface area contributed by atoms with E-state index in [1.54, 1.807) is 0 Å². The van der Waals surface area contributed by atoms with Crippen LogP contribution in [0.15, 0.2) is 194 Å². The molecule has 1 aliphatic carbocycles. The third-order valence-electron chi connectivity index (χ3n) is 10.5. The molecule has 0 N–H and O–H groups in total. The molecule has 3 nitrogen and oxygen atoms in total. The Morgan fingerprint density at radius 2 is 1.08 bits per heavy atom. The van der Waals surface area contributed by atoms with E-state index in [4.69, 9.17) is 4.74 Å². The third-order valence-corrected chi connectivity index (χ3v) is 10.5. The van der Waals surface area contributed by atoms with Gasteiger partial charge in [-0.25, -0.2) is 0 Å². The van der Waals surface area contributed by atoms with E-state index < -0.39 is 0 Å². The molecule has 4 heteroatoms. The second kappa shape index (κ2) is 12.7. The van der Waals surface area contributed by atoms with Crippen LogP contribution in [0, 0.1) is 0 Å². The maximum absolute atomic E-state index is 6.90. The van der Waals surface area contributed by atoms with Gasteiger partial charge >= 0.3 is 0 Å². The van der Waals surface area contributed by atoms with Crippen LogP contribution >= 0.6 is 0 Å². The van der Waals surface area contributed by atoms with Crippen molar-refractivity contribution in [2.24, 2.45) is 0 Å². The van der Waals surface area contributed by atoms with Crippen LogP contribution in [0.25, 0.3) is 22.3 Å². The van der Waals surface area contributed by atoms with Crippen molar-refractivity contribution in [1.82, 2.24) is 0 Å². The molecule has 0 amide bonds. The van der Waals surface area contributed by atoms with Crippen LogP contribution < -0.4 is 30.9 Å². The first-order valence-electron chi connectivity index (χ1n) is 18.1. The Morgan fingerprint density at radius 1 is 0.481 bits per heavy atom. The van der Waals surface area contributed by atoms with E-state index in [0.717, 1.165) is 41.4 Å². The molecule has 0 radical (unpaired) electrons. The second-order valence-electron chi connectivity index (χ2n) is 13.6. The van der Waals surface area contributed by atoms with Gasteiger partial charge in [-0.1, -0.05) is 127 Å². The Balaban J connectivity index is 1.09. The van der Waals surface area contributed by atoms with Gasteiger partial charge in [-0.3, -0.25) is 0 Å². The molecule has 0 atom stereocenters. The summed E-state index contributed by atoms with van der Waals surface area (Å²) < 4.78 is 6.90. The van der Waals surface area contributed by atoms with Gasteiger partial charge in [0.25, 0.3) is 6.71 Å². The summed E-state index contributed by atoms with van der Waals surface area (Å²) in [5.74, 6) is 1.80. The highest BCUT2D eigenvalue weighted by atomic mass is 16.5. The maximum atomic E-state index is 6.90. The summed E-state index contributed by atoms with van der Waals surface area (Å²) >= 11 is 0. The summed E-state index contributed by atoms with van der Waals surface area (Å²) in [7, 11) is 0. The fourth-order valence-electron chi connectivity index (χ4n) is 8.12. The van der Waals surface area contributed by atoms with Crippen molar-refractivity contribution in [2.75, 3.05) is 9.80 Å². The summed E-state index contributed by atoms with van der Waals surface area (Å²) in [6, 6.07) is 61.0. The van der Waals surface area contributed by atoms with E-state index in [0.29, 0.717) is 0 Å². The van der Waals surface area contributed by atoms with Crippen LogP contribution in [-0.2, 0) is 0 Å². The van der Waals surface area contributed by atoms with Crippen LogP contribution in [0.5, 0.6) is 11.5 Å². The summed E-state index contributed by atoms with van der Waals surface area (Å²) in [4.78, 5) is 4.75. The molecule has 0 saturated carbocycles. The molecule has 7 aromatic carbocycles. The molecule has 0 aromatic heterocycles. The zero-order chi connectivity index (χ0) is 34.4. The minimum Gasteiger partial charge on any atom is -0.458 e. The fraction of sp³-hybridized carbons (Fsp3) is 0.0417. The summed E-state index contributed by atoms with van der Waals surface area (Å²) in [5.41, 5.74) is 15.3. The molecule has 246 valence electrons. The lowest BCUT2D eigenvalue weighted by molar-refractivity contribution is 0.487. The predicted octanol–water partition coefficient (Wildman–Crippen LogP) is 10.8. The van der Waals surface area contributed by atoms with Gasteiger partial charge in [0, 0.05) is 40.2 Å². The van der Waals surface area contributed by atoms with E-state index in [-0.39, 0.29) is 6.71 Å². The molecule has 0 fully saturated rings. The highest BCUT2D eigenvalue weighted by Crippen LogP contribution is 2.42. The SMILES string of the molecule is C1=CC(N2c3ccccc3B3c4ccc(N(c5ccc(-c6ccccc6)cc5)c5ccc(-c6ccccc6)cc5)cc4Oc4cccc2c43)=CCC1. The largest absolute Gasteiger partial charge is 0.458 e. The van der Waals surface area contributed by atoms with E-state index in [1.807, 2.05) is 0 Å². The number of hydrogen-bond donors (Lipinski definition) is 0. The van der Waals surface area contributed by atoms with Crippen LogP contribution in [0.2, 0.25) is 0 Å². The fourth-order valence-corrected chi connectivity index (χ4v) is 8.12. The van der Waals surface area contributed by atoms with Crippen molar-refractivity contribution >= 4 is 51.5 Å². The van der Waals surface area contributed by atoms with Crippen molar-refractivity contribution in [3.63, 3.8) is 0 Å². The van der Waals surface area contributed by atoms with Gasteiger partial charge < -0.3 is 14.5 Å². The normalized spacial score (nSPS) is 13.7. The number of allylic oxidation sites excluding steroid dienone is 3. The van der Waals surface area contributed by atoms with Crippen LogP contribution in [0.3, 0.4) is 0 Å². The highest BCUT2D eigenvalue weighted by molar-refractivity contribution is 6.99. The third kappa shape index (κ3) is 5.15. The highest BCUT2D eigenvalue weighted by Gasteiger charge is 2.41. The molecular weight excluding hydrogens is 631 g/mol. The molecule has 0 spiro atoms. The quantitative estimate of drug-likeness (QED) is 0.164. The van der Waals surface area contributed by atoms with Crippen LogP contribution in [0.1, 0.15) is 12.8 Å². The van der Waals surface area contributed by atoms with E-state index in [1.165, 1.54) is 55.7 Å². The molecule has 2 aliphatic heterocycles. The lowest BCUT2D eigenvalue weighted by Crippen LogP contribution is -2.59. The summed E-state index contributed by atoms with van der Waals surface area (Å²) in [6.07, 6.45) is 9.03. The number of para-hydroxylation sites is 1. The number of nitrogens with zero attached hydrogens (tertiary/aromatic N) is 2. The molecule has 3 aliphatic rings. The van der Waals surface area contributed by atoms with E-state index in [9.17, 15) is 0 Å². The molecule has 0 saturated heterocycles. The number of benzene rings is 7. The lowest BCUT2D eigenvalue weighted by atomic mass is 9.34. The van der Waals surface area contributed by atoms with Gasteiger partial charge in [-0.15, -0.1) is 0 Å². The number of rotatable bonds is 6. The Labute approximate surface area is 305 Å². The number of anilines is 5. The van der Waals surface area contributed by atoms with Gasteiger partial charge in [-0.2, -0.15) is 0 Å². The first-order chi connectivity index (χ1) is 25.8. The maximum Gasteiger partial charge on any atom is 0.256 e. The van der Waals surface area contributed by atoms with Crippen LogP contribution in [-0.4, -0.2) is 6.71 Å². The van der Waals surface area contributed by atoms with Gasteiger partial charge in [0.15, 0.2) is 0 Å². The first-order valence-corrected chi connectivity index (χ1v) is 18.1. The van der Waals surface area contributed by atoms with Crippen molar-refractivity contribution < 1.29 is 4.74 Å². The van der Waals surface area contributed by atoms with Crippen LogP contribution in [0.4, 0.5) is 28.4 Å². The minimum atomic E-state index is 0.0633. The van der Waals surface area contributed by atoms with Crippen molar-refractivity contribution in [1.29, 1.82) is 0 Å². The Bertz CT molecular complexity index is 2410. The zero-order valence-corrected chi connectivity index (χ0v) is 28.7. The molecule has 10 rings (SSSR count). The molecule has 2 heterocycles. The number of ether oxygens (including phenoxy) is 1. The number of hydrogen-bond acceptors (Lipinski definition) is 3. The van der Waals surface area contributed by atoms with Gasteiger partial charge in [-0.05, 0) is 106 Å². The second-order valence-corrected chi connectivity index (χ2v) is 13.6. The topological polar surface area (TPSA) is 15.7 Å². The smallest absolute Gasteiger partial charge is 0.256 e. The van der Waals surface area contributed by atoms with Crippen molar-refractivity contribution in [2.45, 2.75) is 12.8 Å². The molecule has 52 heavy (non-hydrogen) atoms. The molecule has 0 unspecified atom stereocenters. The first kappa shape index (κ1) is 30.3. The van der Waals surface area contributed by atoms with Crippen molar-refractivity contribution in [3.05, 3.63) is 194 Å². The summed E-state index contributed by atoms with van der Waals surface area (Å²) in [5, 5.41) is 0. The number of fused-ring (bicyclic) bond motifs is 4. The lowest BCUT2D eigenvalue weighted by Gasteiger charge is -2.40. The Morgan fingerprint density at radius 3 is 1.73 bits per heavy atom. The van der Waals surface area contributed by atoms with Gasteiger partial charge in [0.05, 0.1) is 0 Å². The Kier molecular flexibility index (Phi) is 7.39. The minimum absolute atomic E-state index is 0.0633. The van der Waals surface area contributed by atoms with E-state index >= 15 is 0 Å². The zero-order valence-electron chi connectivity index (χ0n) is 28.7. The van der Waals surface area contributed by atoms with Gasteiger partial charge in [0.2, 0.25) is 0 Å². The van der Waals surface area contributed by atoms with Gasteiger partial charge in [0.1, 0.15) is 11.5 Å².